The van der Waals surface area contributed by atoms with E-state index in [-0.39, 0.29) is 23.4 Å². The smallest absolute Gasteiger partial charge is 0.295 e. The summed E-state index contributed by atoms with van der Waals surface area (Å²) >= 11 is 0. The second-order valence-electron chi connectivity index (χ2n) is 7.55. The van der Waals surface area contributed by atoms with Crippen LogP contribution in [-0.4, -0.2) is 78.1 Å². The van der Waals surface area contributed by atoms with Crippen LogP contribution in [0.2, 0.25) is 0 Å². The zero-order chi connectivity index (χ0) is 22.7. The van der Waals surface area contributed by atoms with Gasteiger partial charge in [-0.25, -0.2) is 4.39 Å². The van der Waals surface area contributed by atoms with Crippen LogP contribution in [0.3, 0.4) is 0 Å². The summed E-state index contributed by atoms with van der Waals surface area (Å²) in [6.45, 7) is 3.54. The van der Waals surface area contributed by atoms with Gasteiger partial charge in [-0.2, -0.15) is 0 Å². The van der Waals surface area contributed by atoms with Crippen molar-refractivity contribution in [3.05, 3.63) is 65.2 Å². The van der Waals surface area contributed by atoms with Gasteiger partial charge >= 0.3 is 0 Å². The Kier molecular flexibility index (Phi) is 6.48. The van der Waals surface area contributed by atoms with Crippen molar-refractivity contribution in [3.8, 4) is 5.75 Å². The SMILES string of the molecule is COc1ccc(/C(O)=C2\C(=O)C(=O)N(CCN3CCOCC3)[C@H]2c2ccccn2)cc1F. The lowest BCUT2D eigenvalue weighted by Gasteiger charge is -2.30. The number of pyridine rings is 1. The van der Waals surface area contributed by atoms with Gasteiger partial charge in [-0.1, -0.05) is 6.07 Å². The van der Waals surface area contributed by atoms with E-state index in [0.29, 0.717) is 25.5 Å². The van der Waals surface area contributed by atoms with Crippen molar-refractivity contribution in [2.75, 3.05) is 46.5 Å². The van der Waals surface area contributed by atoms with Crippen molar-refractivity contribution in [1.82, 2.24) is 14.8 Å². The van der Waals surface area contributed by atoms with E-state index in [1.54, 1.807) is 24.4 Å². The Morgan fingerprint density at radius 1 is 1.22 bits per heavy atom. The van der Waals surface area contributed by atoms with Crippen LogP contribution in [0.25, 0.3) is 5.76 Å². The van der Waals surface area contributed by atoms with Crippen LogP contribution in [0, 0.1) is 5.82 Å². The van der Waals surface area contributed by atoms with Gasteiger partial charge in [0.25, 0.3) is 11.7 Å². The van der Waals surface area contributed by atoms with E-state index < -0.39 is 29.3 Å². The molecular formula is C23H24FN3O5. The predicted molar refractivity (Wildman–Crippen MR) is 113 cm³/mol. The third-order valence-electron chi connectivity index (χ3n) is 5.69. The van der Waals surface area contributed by atoms with Crippen molar-refractivity contribution in [1.29, 1.82) is 0 Å². The molecule has 1 amide bonds. The monoisotopic (exact) mass is 441 g/mol. The number of benzene rings is 1. The van der Waals surface area contributed by atoms with E-state index in [0.717, 1.165) is 19.2 Å². The maximum absolute atomic E-state index is 14.2. The molecule has 2 saturated heterocycles. The molecule has 0 bridgehead atoms. The summed E-state index contributed by atoms with van der Waals surface area (Å²) < 4.78 is 24.5. The molecule has 0 spiro atoms. The van der Waals surface area contributed by atoms with Gasteiger partial charge in [0.2, 0.25) is 0 Å². The Morgan fingerprint density at radius 2 is 2.00 bits per heavy atom. The number of aliphatic hydroxyl groups excluding tert-OH is 1. The van der Waals surface area contributed by atoms with E-state index in [4.69, 9.17) is 9.47 Å². The molecular weight excluding hydrogens is 417 g/mol. The largest absolute Gasteiger partial charge is 0.507 e. The molecule has 168 valence electrons. The lowest BCUT2D eigenvalue weighted by atomic mass is 9.98. The Labute approximate surface area is 184 Å². The molecule has 8 nitrogen and oxygen atoms in total. The van der Waals surface area contributed by atoms with Crippen molar-refractivity contribution in [2.45, 2.75) is 6.04 Å². The van der Waals surface area contributed by atoms with Gasteiger partial charge in [-0.3, -0.25) is 19.5 Å². The maximum atomic E-state index is 14.2. The zero-order valence-corrected chi connectivity index (χ0v) is 17.7. The third kappa shape index (κ3) is 4.21. The fourth-order valence-electron chi connectivity index (χ4n) is 4.00. The quantitative estimate of drug-likeness (QED) is 0.416. The summed E-state index contributed by atoms with van der Waals surface area (Å²) in [7, 11) is 1.33. The minimum atomic E-state index is -0.873. The number of methoxy groups -OCH3 is 1. The topological polar surface area (TPSA) is 92.2 Å². The summed E-state index contributed by atoms with van der Waals surface area (Å²) in [5.41, 5.74) is 0.417. The second kappa shape index (κ2) is 9.46. The number of rotatable bonds is 6. The molecule has 3 heterocycles. The number of morpholine rings is 1. The zero-order valence-electron chi connectivity index (χ0n) is 17.7. The van der Waals surface area contributed by atoms with Crippen LogP contribution in [0.5, 0.6) is 5.75 Å². The van der Waals surface area contributed by atoms with Crippen LogP contribution in [0.1, 0.15) is 17.3 Å². The summed E-state index contributed by atoms with van der Waals surface area (Å²) in [6.07, 6.45) is 1.56. The van der Waals surface area contributed by atoms with Crippen LogP contribution in [-0.2, 0) is 14.3 Å². The first-order chi connectivity index (χ1) is 15.5. The molecule has 1 atom stereocenters. The molecule has 4 rings (SSSR count). The highest BCUT2D eigenvalue weighted by atomic mass is 19.1. The molecule has 0 unspecified atom stereocenters. The summed E-state index contributed by atoms with van der Waals surface area (Å²) in [5, 5.41) is 11.0. The average molecular weight is 441 g/mol. The molecule has 2 aromatic rings. The first-order valence-electron chi connectivity index (χ1n) is 10.3. The number of aliphatic hydroxyl groups is 1. The van der Waals surface area contributed by atoms with E-state index in [1.807, 2.05) is 0 Å². The van der Waals surface area contributed by atoms with Crippen molar-refractivity contribution in [2.24, 2.45) is 0 Å². The highest BCUT2D eigenvalue weighted by Gasteiger charge is 2.46. The standard InChI is InChI=1S/C23H24FN3O5/c1-31-18-6-5-15(14-16(18)24)21(28)19-20(17-4-2-3-7-25-17)27(23(30)22(19)29)9-8-26-10-12-32-13-11-26/h2-7,14,20,28H,8-13H2,1H3/b21-19+/t20-/m0/s1. The van der Waals surface area contributed by atoms with Gasteiger partial charge in [0.1, 0.15) is 11.8 Å². The number of hydrogen-bond acceptors (Lipinski definition) is 7. The van der Waals surface area contributed by atoms with Crippen molar-refractivity contribution >= 4 is 17.4 Å². The van der Waals surface area contributed by atoms with Crippen LogP contribution in [0.15, 0.2) is 48.2 Å². The lowest BCUT2D eigenvalue weighted by molar-refractivity contribution is -0.140. The summed E-state index contributed by atoms with van der Waals surface area (Å²) in [4.78, 5) is 33.8. The number of Topliss-reactive ketones (excluding diaryl/α,β-unsaturated/α-hetero) is 1. The van der Waals surface area contributed by atoms with Crippen LogP contribution < -0.4 is 4.74 Å². The molecule has 0 saturated carbocycles. The average Bonchev–Trinajstić information content (AvgIpc) is 3.08. The minimum Gasteiger partial charge on any atom is -0.507 e. The molecule has 9 heteroatoms. The number of carbonyl (C=O) groups is 2. The van der Waals surface area contributed by atoms with E-state index >= 15 is 0 Å². The number of nitrogens with zero attached hydrogens (tertiary/aromatic N) is 3. The highest BCUT2D eigenvalue weighted by molar-refractivity contribution is 6.46. The van der Waals surface area contributed by atoms with Gasteiger partial charge in [-0.05, 0) is 30.3 Å². The fraction of sp³-hybridized carbons (Fsp3) is 0.348. The summed E-state index contributed by atoms with van der Waals surface area (Å²) in [6, 6.07) is 8.16. The number of likely N-dealkylation sites (tertiary alicyclic amines) is 1. The molecule has 1 aromatic heterocycles. The van der Waals surface area contributed by atoms with Crippen LogP contribution in [0.4, 0.5) is 4.39 Å². The second-order valence-corrected chi connectivity index (χ2v) is 7.55. The summed E-state index contributed by atoms with van der Waals surface area (Å²) in [5.74, 6) is -2.67. The lowest BCUT2D eigenvalue weighted by Crippen LogP contribution is -2.42. The molecule has 2 fully saturated rings. The molecule has 1 aromatic carbocycles. The Bertz CT molecular complexity index is 1040. The molecule has 2 aliphatic rings. The Balaban J connectivity index is 1.72. The first kappa shape index (κ1) is 21.9. The Morgan fingerprint density at radius 3 is 2.66 bits per heavy atom. The molecule has 0 aliphatic carbocycles. The predicted octanol–water partition coefficient (Wildman–Crippen LogP) is 1.98. The number of ether oxygens (including phenoxy) is 2. The molecule has 32 heavy (non-hydrogen) atoms. The maximum Gasteiger partial charge on any atom is 0.295 e. The molecule has 0 radical (unpaired) electrons. The minimum absolute atomic E-state index is 0.00814. The number of aromatic nitrogens is 1. The van der Waals surface area contributed by atoms with E-state index in [9.17, 15) is 19.1 Å². The fourth-order valence-corrected chi connectivity index (χ4v) is 4.00. The number of halogens is 1. The Hall–Kier alpha value is -3.30. The molecule has 2 aliphatic heterocycles. The number of amides is 1. The van der Waals surface area contributed by atoms with Gasteiger partial charge in [0, 0.05) is 37.9 Å². The van der Waals surface area contributed by atoms with Gasteiger partial charge in [0.05, 0.1) is 31.6 Å². The van der Waals surface area contributed by atoms with Crippen LogP contribution >= 0.6 is 0 Å². The van der Waals surface area contributed by atoms with Crippen molar-refractivity contribution < 1.29 is 28.6 Å². The van der Waals surface area contributed by atoms with Gasteiger partial charge in [-0.15, -0.1) is 0 Å². The third-order valence-corrected chi connectivity index (χ3v) is 5.69. The van der Waals surface area contributed by atoms with Gasteiger partial charge in [0.15, 0.2) is 11.6 Å². The number of ketones is 1. The number of hydrogen-bond donors (Lipinski definition) is 1. The van der Waals surface area contributed by atoms with Crippen molar-refractivity contribution in [3.63, 3.8) is 0 Å². The van der Waals surface area contributed by atoms with E-state index in [2.05, 4.69) is 9.88 Å². The number of carbonyl (C=O) groups excluding carboxylic acids is 2. The molecule has 1 N–H and O–H groups in total. The highest BCUT2D eigenvalue weighted by Crippen LogP contribution is 2.38. The normalized spacial score (nSPS) is 21.2. The first-order valence-corrected chi connectivity index (χ1v) is 10.3. The van der Waals surface area contributed by atoms with E-state index in [1.165, 1.54) is 24.1 Å². The van der Waals surface area contributed by atoms with Gasteiger partial charge < -0.3 is 19.5 Å².